The summed E-state index contributed by atoms with van der Waals surface area (Å²) >= 11 is 3.83. The van der Waals surface area contributed by atoms with Crippen LogP contribution in [0.1, 0.15) is 38.5 Å². The maximum Gasteiger partial charge on any atom is 0.123 e. The van der Waals surface area contributed by atoms with Crippen molar-refractivity contribution in [3.63, 3.8) is 0 Å². The highest BCUT2D eigenvalue weighted by Crippen LogP contribution is 2.62. The molecule has 0 aromatic heterocycles. The summed E-state index contributed by atoms with van der Waals surface area (Å²) in [6.07, 6.45) is 9.55. The molecule has 0 radical (unpaired) electrons. The molecule has 120 valence electrons. The summed E-state index contributed by atoms with van der Waals surface area (Å²) in [5, 5.41) is 1.93. The Morgan fingerprint density at radius 3 is 3.09 bits per heavy atom. The van der Waals surface area contributed by atoms with Crippen molar-refractivity contribution in [1.29, 1.82) is 0 Å². The van der Waals surface area contributed by atoms with Gasteiger partial charge >= 0.3 is 0 Å². The number of rotatable bonds is 2. The zero-order valence-corrected chi connectivity index (χ0v) is 14.5. The lowest BCUT2D eigenvalue weighted by Crippen LogP contribution is -2.42. The van der Waals surface area contributed by atoms with Gasteiger partial charge in [0.15, 0.2) is 0 Å². The Morgan fingerprint density at radius 1 is 1.45 bits per heavy atom. The van der Waals surface area contributed by atoms with Crippen LogP contribution in [0.25, 0.3) is 0 Å². The van der Waals surface area contributed by atoms with Gasteiger partial charge in [-0.15, -0.1) is 0 Å². The summed E-state index contributed by atoms with van der Waals surface area (Å²) in [6, 6.07) is 0. The molecule has 0 amide bonds. The van der Waals surface area contributed by atoms with Crippen molar-refractivity contribution in [2.24, 2.45) is 17.3 Å². The minimum atomic E-state index is -0.141. The highest BCUT2D eigenvalue weighted by atomic mass is 79.9. The van der Waals surface area contributed by atoms with Crippen LogP contribution in [0.15, 0.2) is 22.0 Å². The quantitative estimate of drug-likeness (QED) is 0.699. The topological polar surface area (TPSA) is 38.8 Å². The van der Waals surface area contributed by atoms with E-state index in [1.165, 1.54) is 24.2 Å². The highest BCUT2D eigenvalue weighted by Gasteiger charge is 2.58. The average molecular weight is 368 g/mol. The highest BCUT2D eigenvalue weighted by molar-refractivity contribution is 9.11. The van der Waals surface area contributed by atoms with Gasteiger partial charge in [0.05, 0.1) is 24.8 Å². The van der Waals surface area contributed by atoms with E-state index >= 15 is 0 Å². The van der Waals surface area contributed by atoms with Gasteiger partial charge in [-0.3, -0.25) is 9.90 Å². The molecule has 0 N–H and O–H groups in total. The number of allylic oxidation sites excluding steroid dienone is 1. The van der Waals surface area contributed by atoms with Crippen LogP contribution in [0, 0.1) is 17.3 Å². The fourth-order valence-corrected chi connectivity index (χ4v) is 5.80. The Balaban J connectivity index is 1.86. The van der Waals surface area contributed by atoms with E-state index in [1.807, 2.05) is 5.06 Å². The first-order valence-corrected chi connectivity index (χ1v) is 9.02. The van der Waals surface area contributed by atoms with Gasteiger partial charge in [-0.25, -0.2) is 0 Å². The Bertz CT molecular complexity index is 558. The number of carbonyl (C=O) groups is 1. The van der Waals surface area contributed by atoms with Crippen LogP contribution in [0.5, 0.6) is 0 Å². The third-order valence-corrected chi connectivity index (χ3v) is 6.79. The Kier molecular flexibility index (Phi) is 3.61. The molecule has 1 saturated carbocycles. The van der Waals surface area contributed by atoms with Crippen LogP contribution in [-0.2, 0) is 14.4 Å². The molecule has 4 unspecified atom stereocenters. The van der Waals surface area contributed by atoms with Gasteiger partial charge < -0.3 is 9.53 Å². The molecule has 2 heterocycles. The number of hydroxylamine groups is 2. The zero-order valence-electron chi connectivity index (χ0n) is 12.9. The summed E-state index contributed by atoms with van der Waals surface area (Å²) in [7, 11) is 1.72. The predicted octanol–water partition coefficient (Wildman–Crippen LogP) is 3.54. The largest absolute Gasteiger partial charge is 0.493 e. The molecule has 0 aromatic carbocycles. The number of carbonyl (C=O) groups excluding carboxylic acids is 1. The molecule has 4 nitrogen and oxygen atoms in total. The zero-order chi connectivity index (χ0) is 15.3. The van der Waals surface area contributed by atoms with Crippen molar-refractivity contribution in [2.45, 2.75) is 44.6 Å². The smallest absolute Gasteiger partial charge is 0.123 e. The average Bonchev–Trinajstić information content (AvgIpc) is 2.83. The number of halogens is 1. The van der Waals surface area contributed by atoms with Gasteiger partial charge in [-0.2, -0.15) is 0 Å². The molecule has 0 aromatic rings. The van der Waals surface area contributed by atoms with Crippen molar-refractivity contribution in [1.82, 2.24) is 5.06 Å². The van der Waals surface area contributed by atoms with Crippen molar-refractivity contribution in [2.75, 3.05) is 13.7 Å². The van der Waals surface area contributed by atoms with E-state index in [4.69, 9.17) is 9.57 Å². The van der Waals surface area contributed by atoms with Crippen LogP contribution in [0.4, 0.5) is 0 Å². The Hall–Kier alpha value is -0.810. The van der Waals surface area contributed by atoms with E-state index in [2.05, 4.69) is 22.1 Å². The van der Waals surface area contributed by atoms with E-state index in [0.29, 0.717) is 5.92 Å². The summed E-state index contributed by atoms with van der Waals surface area (Å²) < 4.78 is 7.51. The molecular weight excluding hydrogens is 346 g/mol. The molecule has 0 saturated heterocycles. The van der Waals surface area contributed by atoms with Crippen LogP contribution in [0.3, 0.4) is 0 Å². The van der Waals surface area contributed by atoms with E-state index < -0.39 is 0 Å². The van der Waals surface area contributed by atoms with Gasteiger partial charge in [0.1, 0.15) is 12.4 Å². The summed E-state index contributed by atoms with van der Waals surface area (Å²) in [5.41, 5.74) is 1.32. The lowest BCUT2D eigenvalue weighted by atomic mass is 9.61. The molecule has 4 aliphatic rings. The SMILES string of the molecule is CON1C=C(Br)C23CC(C=O)CCC2OC2=C3C(CCC2)C1. The van der Waals surface area contributed by atoms with Crippen LogP contribution < -0.4 is 0 Å². The number of nitrogens with zero attached hydrogens (tertiary/aromatic N) is 1. The normalized spacial score (nSPS) is 40.4. The second-order valence-corrected chi connectivity index (χ2v) is 7.80. The van der Waals surface area contributed by atoms with Gasteiger partial charge in [-0.1, -0.05) is 15.9 Å². The van der Waals surface area contributed by atoms with Gasteiger partial charge in [0.25, 0.3) is 0 Å². The van der Waals surface area contributed by atoms with E-state index in [9.17, 15) is 4.79 Å². The van der Waals surface area contributed by atoms with Crippen LogP contribution in [-0.4, -0.2) is 31.1 Å². The third-order valence-electron chi connectivity index (χ3n) is 5.87. The summed E-state index contributed by atoms with van der Waals surface area (Å²) in [6.45, 7) is 0.869. The van der Waals surface area contributed by atoms with Crippen molar-refractivity contribution in [3.05, 3.63) is 22.0 Å². The Labute approximate surface area is 139 Å². The second kappa shape index (κ2) is 5.38. The van der Waals surface area contributed by atoms with Crippen molar-refractivity contribution < 1.29 is 14.4 Å². The fourth-order valence-electron chi connectivity index (χ4n) is 4.94. The molecule has 1 spiro atoms. The summed E-state index contributed by atoms with van der Waals surface area (Å²) in [4.78, 5) is 17.0. The molecule has 2 aliphatic heterocycles. The third kappa shape index (κ3) is 1.94. The molecule has 1 fully saturated rings. The molecule has 4 atom stereocenters. The van der Waals surface area contributed by atoms with E-state index in [-0.39, 0.29) is 17.4 Å². The molecule has 22 heavy (non-hydrogen) atoms. The van der Waals surface area contributed by atoms with E-state index in [1.54, 1.807) is 7.11 Å². The fraction of sp³-hybridized carbons (Fsp3) is 0.706. The molecule has 5 heteroatoms. The second-order valence-electron chi connectivity index (χ2n) is 6.94. The van der Waals surface area contributed by atoms with E-state index in [0.717, 1.165) is 43.0 Å². The molecule has 2 aliphatic carbocycles. The molecular formula is C17H22BrNO3. The number of aldehydes is 1. The lowest BCUT2D eigenvalue weighted by molar-refractivity contribution is -0.113. The standard InChI is InChI=1S/C17H22BrNO3/c1-21-19-8-12-3-2-4-13-16(12)17(14(18)9-19)7-11(10-20)5-6-15(17)22-13/h9-12,15H,2-8H2,1H3. The first-order valence-electron chi connectivity index (χ1n) is 8.23. The summed E-state index contributed by atoms with van der Waals surface area (Å²) in [5.74, 6) is 1.80. The predicted molar refractivity (Wildman–Crippen MR) is 85.8 cm³/mol. The maximum absolute atomic E-state index is 11.5. The number of ether oxygens (including phenoxy) is 1. The van der Waals surface area contributed by atoms with Gasteiger partial charge in [0, 0.05) is 28.9 Å². The number of hydrogen-bond acceptors (Lipinski definition) is 4. The maximum atomic E-state index is 11.5. The van der Waals surface area contributed by atoms with Crippen LogP contribution >= 0.6 is 15.9 Å². The van der Waals surface area contributed by atoms with Crippen molar-refractivity contribution in [3.8, 4) is 0 Å². The molecule has 0 bridgehead atoms. The minimum absolute atomic E-state index is 0.129. The first kappa shape index (κ1) is 14.8. The first-order chi connectivity index (χ1) is 10.7. The van der Waals surface area contributed by atoms with Crippen LogP contribution in [0.2, 0.25) is 0 Å². The van der Waals surface area contributed by atoms with Gasteiger partial charge in [-0.05, 0) is 37.7 Å². The Morgan fingerprint density at radius 2 is 2.32 bits per heavy atom. The lowest BCUT2D eigenvalue weighted by Gasteiger charge is -2.42. The monoisotopic (exact) mass is 367 g/mol. The van der Waals surface area contributed by atoms with Gasteiger partial charge in [0.2, 0.25) is 0 Å². The number of hydrogen-bond donors (Lipinski definition) is 0. The minimum Gasteiger partial charge on any atom is -0.493 e. The molecule has 4 rings (SSSR count). The van der Waals surface area contributed by atoms with Crippen molar-refractivity contribution >= 4 is 22.2 Å².